The summed E-state index contributed by atoms with van der Waals surface area (Å²) in [5.74, 6) is -0.542. The molecule has 2 heterocycles. The van der Waals surface area contributed by atoms with Gasteiger partial charge in [-0.1, -0.05) is 0 Å². The second-order valence-electron chi connectivity index (χ2n) is 3.27. The van der Waals surface area contributed by atoms with E-state index in [9.17, 15) is 13.6 Å². The number of pyridine rings is 1. The molecule has 7 heteroatoms. The quantitative estimate of drug-likeness (QED) is 0.801. The molecule has 0 N–H and O–H groups in total. The van der Waals surface area contributed by atoms with Gasteiger partial charge in [0.25, 0.3) is 6.43 Å². The van der Waals surface area contributed by atoms with E-state index in [4.69, 9.17) is 0 Å². The number of hydrogen-bond acceptors (Lipinski definition) is 3. The van der Waals surface area contributed by atoms with Crippen LogP contribution in [0.4, 0.5) is 8.78 Å². The third kappa shape index (κ3) is 2.14. The highest BCUT2D eigenvalue weighted by molar-refractivity contribution is 9.10. The summed E-state index contributed by atoms with van der Waals surface area (Å²) < 4.78 is 31.3. The van der Waals surface area contributed by atoms with E-state index in [2.05, 4.69) is 25.7 Å². The van der Waals surface area contributed by atoms with Gasteiger partial charge >= 0.3 is 5.97 Å². The highest BCUT2D eigenvalue weighted by Gasteiger charge is 2.16. The van der Waals surface area contributed by atoms with Gasteiger partial charge in [-0.15, -0.1) is 0 Å². The van der Waals surface area contributed by atoms with Crippen molar-refractivity contribution in [1.29, 1.82) is 0 Å². The summed E-state index contributed by atoms with van der Waals surface area (Å²) in [6, 6.07) is 1.48. The molecule has 0 radical (unpaired) electrons. The Bertz CT molecular complexity index is 583. The van der Waals surface area contributed by atoms with Crippen LogP contribution in [0.1, 0.15) is 22.5 Å². The first kappa shape index (κ1) is 12.0. The fourth-order valence-corrected chi connectivity index (χ4v) is 1.95. The smallest absolute Gasteiger partial charge is 0.339 e. The molecule has 0 aliphatic rings. The van der Waals surface area contributed by atoms with E-state index in [0.717, 1.165) is 0 Å². The number of methoxy groups -OCH3 is 1. The summed E-state index contributed by atoms with van der Waals surface area (Å²) in [5.41, 5.74) is 0.241. The first-order valence-electron chi connectivity index (χ1n) is 4.57. The summed E-state index contributed by atoms with van der Waals surface area (Å²) in [5, 5.41) is 0. The van der Waals surface area contributed by atoms with Crippen molar-refractivity contribution in [2.45, 2.75) is 6.43 Å². The SMILES string of the molecule is COC(=O)c1cc(Br)c2nc(C(F)F)cn2c1. The number of aromatic nitrogens is 2. The number of carbonyl (C=O) groups is 1. The van der Waals surface area contributed by atoms with Gasteiger partial charge in [-0.2, -0.15) is 0 Å². The van der Waals surface area contributed by atoms with Crippen LogP contribution in [0, 0.1) is 0 Å². The summed E-state index contributed by atoms with van der Waals surface area (Å²) in [7, 11) is 1.25. The zero-order valence-electron chi connectivity index (χ0n) is 8.65. The van der Waals surface area contributed by atoms with E-state index in [-0.39, 0.29) is 11.3 Å². The van der Waals surface area contributed by atoms with Gasteiger partial charge < -0.3 is 9.14 Å². The number of fused-ring (bicyclic) bond motifs is 1. The van der Waals surface area contributed by atoms with Gasteiger partial charge in [-0.05, 0) is 22.0 Å². The molecule has 0 aliphatic heterocycles. The van der Waals surface area contributed by atoms with Crippen molar-refractivity contribution < 1.29 is 18.3 Å². The van der Waals surface area contributed by atoms with Crippen LogP contribution in [0.25, 0.3) is 5.65 Å². The lowest BCUT2D eigenvalue weighted by atomic mass is 10.3. The van der Waals surface area contributed by atoms with Crippen molar-refractivity contribution in [2.75, 3.05) is 7.11 Å². The fourth-order valence-electron chi connectivity index (χ4n) is 1.41. The second-order valence-corrected chi connectivity index (χ2v) is 4.12. The maximum Gasteiger partial charge on any atom is 0.339 e. The van der Waals surface area contributed by atoms with Gasteiger partial charge in [0, 0.05) is 12.4 Å². The molecule has 0 unspecified atom stereocenters. The van der Waals surface area contributed by atoms with Gasteiger partial charge in [-0.25, -0.2) is 18.6 Å². The van der Waals surface area contributed by atoms with E-state index in [1.165, 1.54) is 30.0 Å². The molecule has 0 bridgehead atoms. The third-order valence-corrected chi connectivity index (χ3v) is 2.75. The highest BCUT2D eigenvalue weighted by atomic mass is 79.9. The van der Waals surface area contributed by atoms with Crippen molar-refractivity contribution in [3.05, 3.63) is 34.2 Å². The van der Waals surface area contributed by atoms with Crippen LogP contribution in [-0.4, -0.2) is 22.5 Å². The Kier molecular flexibility index (Phi) is 3.10. The van der Waals surface area contributed by atoms with Gasteiger partial charge in [0.2, 0.25) is 0 Å². The Hall–Kier alpha value is -1.50. The van der Waals surface area contributed by atoms with E-state index < -0.39 is 12.4 Å². The maximum absolute atomic E-state index is 12.5. The van der Waals surface area contributed by atoms with Crippen LogP contribution in [0.5, 0.6) is 0 Å². The van der Waals surface area contributed by atoms with Gasteiger partial charge in [0.15, 0.2) is 5.65 Å². The predicted molar refractivity (Wildman–Crippen MR) is 59.2 cm³/mol. The molecule has 2 aromatic rings. The molecule has 2 aromatic heterocycles. The molecular formula is C10H7BrF2N2O2. The van der Waals surface area contributed by atoms with Crippen LogP contribution >= 0.6 is 15.9 Å². The Labute approximate surface area is 103 Å². The average molecular weight is 305 g/mol. The third-order valence-electron chi connectivity index (χ3n) is 2.17. The molecule has 0 saturated carbocycles. The molecule has 0 atom stereocenters. The van der Waals surface area contributed by atoms with Crippen molar-refractivity contribution in [2.24, 2.45) is 0 Å². The zero-order valence-corrected chi connectivity index (χ0v) is 10.2. The lowest BCUT2D eigenvalue weighted by Gasteiger charge is -2.01. The summed E-state index contributed by atoms with van der Waals surface area (Å²) in [6.45, 7) is 0. The molecule has 0 aliphatic carbocycles. The maximum atomic E-state index is 12.5. The molecule has 4 nitrogen and oxygen atoms in total. The number of carbonyl (C=O) groups excluding carboxylic acids is 1. The number of alkyl halides is 2. The summed E-state index contributed by atoms with van der Waals surface area (Å²) in [6.07, 6.45) is -0.0782. The van der Waals surface area contributed by atoms with Crippen LogP contribution in [0.15, 0.2) is 22.9 Å². The van der Waals surface area contributed by atoms with Crippen LogP contribution in [-0.2, 0) is 4.74 Å². The number of esters is 1. The largest absolute Gasteiger partial charge is 0.465 e. The Balaban J connectivity index is 2.61. The second kappa shape index (κ2) is 4.40. The number of halogens is 3. The molecule has 0 aromatic carbocycles. The molecule has 0 amide bonds. The number of ether oxygens (including phenoxy) is 1. The number of hydrogen-bond donors (Lipinski definition) is 0. The standard InChI is InChI=1S/C10H7BrF2N2O2/c1-17-10(16)5-2-6(11)9-14-7(8(12)13)4-15(9)3-5/h2-4,8H,1H3. The minimum atomic E-state index is -2.65. The van der Waals surface area contributed by atoms with E-state index >= 15 is 0 Å². The Morgan fingerprint density at radius 1 is 1.53 bits per heavy atom. The van der Waals surface area contributed by atoms with Crippen molar-refractivity contribution >= 4 is 27.5 Å². The minimum Gasteiger partial charge on any atom is -0.465 e. The van der Waals surface area contributed by atoms with Crippen molar-refractivity contribution in [1.82, 2.24) is 9.38 Å². The summed E-state index contributed by atoms with van der Waals surface area (Å²) >= 11 is 3.17. The lowest BCUT2D eigenvalue weighted by molar-refractivity contribution is 0.0600. The van der Waals surface area contributed by atoms with Crippen molar-refractivity contribution in [3.63, 3.8) is 0 Å². The first-order chi connectivity index (χ1) is 8.02. The number of imidazole rings is 1. The monoisotopic (exact) mass is 304 g/mol. The van der Waals surface area contributed by atoms with E-state index in [0.29, 0.717) is 10.1 Å². The number of rotatable bonds is 2. The predicted octanol–water partition coefficient (Wildman–Crippen LogP) is 2.82. The number of nitrogens with zero attached hydrogens (tertiary/aromatic N) is 2. The molecule has 0 spiro atoms. The Morgan fingerprint density at radius 2 is 2.24 bits per heavy atom. The van der Waals surface area contributed by atoms with Gasteiger partial charge in [0.1, 0.15) is 5.69 Å². The highest BCUT2D eigenvalue weighted by Crippen LogP contribution is 2.24. The molecular weight excluding hydrogens is 298 g/mol. The van der Waals surface area contributed by atoms with Gasteiger partial charge in [0.05, 0.1) is 17.1 Å². The first-order valence-corrected chi connectivity index (χ1v) is 5.37. The van der Waals surface area contributed by atoms with Crippen LogP contribution in [0.2, 0.25) is 0 Å². The molecule has 0 fully saturated rings. The molecule has 17 heavy (non-hydrogen) atoms. The average Bonchev–Trinajstić information content (AvgIpc) is 2.72. The zero-order chi connectivity index (χ0) is 12.6. The van der Waals surface area contributed by atoms with E-state index in [1.807, 2.05) is 0 Å². The lowest BCUT2D eigenvalue weighted by Crippen LogP contribution is -2.03. The molecule has 90 valence electrons. The topological polar surface area (TPSA) is 43.6 Å². The normalized spacial score (nSPS) is 11.1. The summed E-state index contributed by atoms with van der Waals surface area (Å²) in [4.78, 5) is 15.1. The van der Waals surface area contributed by atoms with Crippen LogP contribution in [0.3, 0.4) is 0 Å². The van der Waals surface area contributed by atoms with Crippen LogP contribution < -0.4 is 0 Å². The van der Waals surface area contributed by atoms with Crippen molar-refractivity contribution in [3.8, 4) is 0 Å². The molecule has 2 rings (SSSR count). The van der Waals surface area contributed by atoms with Gasteiger partial charge in [-0.3, -0.25) is 0 Å². The minimum absolute atomic E-state index is 0.255. The Morgan fingerprint density at radius 3 is 2.82 bits per heavy atom. The molecule has 0 saturated heterocycles. The fraction of sp³-hybridized carbons (Fsp3) is 0.200. The van der Waals surface area contributed by atoms with E-state index in [1.54, 1.807) is 0 Å².